The van der Waals surface area contributed by atoms with E-state index in [1.54, 1.807) is 11.8 Å². The number of hydrogen-bond acceptors (Lipinski definition) is 4. The van der Waals surface area contributed by atoms with Crippen molar-refractivity contribution in [3.63, 3.8) is 0 Å². The topological polar surface area (TPSA) is 45.5 Å². The average Bonchev–Trinajstić information content (AvgIpc) is 3.20. The van der Waals surface area contributed by atoms with E-state index in [0.29, 0.717) is 5.92 Å². The van der Waals surface area contributed by atoms with Crippen molar-refractivity contribution in [2.75, 3.05) is 5.32 Å². The van der Waals surface area contributed by atoms with Crippen LogP contribution in [0.4, 0.5) is 5.69 Å². The van der Waals surface area contributed by atoms with E-state index >= 15 is 0 Å². The Morgan fingerprint density at radius 3 is 2.67 bits per heavy atom. The standard InChI is InChI=1S/C21H23IN2O2S/c1-14-7-5-6-10-17(14)24-20(25)18(13-16-11-12-19(22)26-16)27-21(24)23-15-8-3-2-4-9-15/h2-4,8-9,11-14,17,21,23H,5-7,10H2,1H3/b18-13-/t14-,17+,21?/m1/s1. The molecule has 3 atom stereocenters. The third kappa shape index (κ3) is 4.21. The van der Waals surface area contributed by atoms with Gasteiger partial charge in [-0.2, -0.15) is 0 Å². The summed E-state index contributed by atoms with van der Waals surface area (Å²) in [6, 6.07) is 14.2. The number of furan rings is 1. The highest BCUT2D eigenvalue weighted by atomic mass is 127. The molecular formula is C21H23IN2O2S. The summed E-state index contributed by atoms with van der Waals surface area (Å²) in [5.41, 5.74) is 0.941. The number of thioether (sulfide) groups is 1. The fourth-order valence-corrected chi connectivity index (χ4v) is 5.53. The second-order valence-electron chi connectivity index (χ2n) is 7.17. The van der Waals surface area contributed by atoms with Crippen LogP contribution in [0.5, 0.6) is 0 Å². The molecular weight excluding hydrogens is 471 g/mol. The summed E-state index contributed by atoms with van der Waals surface area (Å²) in [5, 5.41) is 3.56. The minimum absolute atomic E-state index is 0.0919. The Balaban J connectivity index is 1.63. The smallest absolute Gasteiger partial charge is 0.263 e. The summed E-state index contributed by atoms with van der Waals surface area (Å²) >= 11 is 3.73. The van der Waals surface area contributed by atoms with Gasteiger partial charge in [0, 0.05) is 17.8 Å². The molecule has 1 aromatic heterocycles. The van der Waals surface area contributed by atoms with E-state index in [2.05, 4.69) is 39.7 Å². The first-order valence-corrected chi connectivity index (χ1v) is 11.4. The number of carbonyl (C=O) groups excluding carboxylic acids is 1. The minimum atomic E-state index is -0.0919. The molecule has 2 fully saturated rings. The molecule has 4 nitrogen and oxygen atoms in total. The molecule has 1 unspecified atom stereocenters. The highest BCUT2D eigenvalue weighted by Crippen LogP contribution is 2.42. The predicted octanol–water partition coefficient (Wildman–Crippen LogP) is 5.77. The number of amides is 1. The maximum atomic E-state index is 13.3. The Kier molecular flexibility index (Phi) is 5.82. The number of rotatable bonds is 4. The van der Waals surface area contributed by atoms with Crippen LogP contribution in [0.1, 0.15) is 38.4 Å². The molecule has 0 bridgehead atoms. The molecule has 2 heterocycles. The predicted molar refractivity (Wildman–Crippen MR) is 119 cm³/mol. The van der Waals surface area contributed by atoms with Gasteiger partial charge in [-0.3, -0.25) is 4.79 Å². The second-order valence-corrected chi connectivity index (χ2v) is 9.36. The van der Waals surface area contributed by atoms with Crippen molar-refractivity contribution < 1.29 is 9.21 Å². The number of carbonyl (C=O) groups is 1. The molecule has 0 spiro atoms. The van der Waals surface area contributed by atoms with E-state index in [0.717, 1.165) is 26.5 Å². The fraction of sp³-hybridized carbons (Fsp3) is 0.381. The molecule has 1 amide bonds. The van der Waals surface area contributed by atoms with Crippen LogP contribution >= 0.6 is 34.4 Å². The Morgan fingerprint density at radius 1 is 1.19 bits per heavy atom. The van der Waals surface area contributed by atoms with E-state index in [-0.39, 0.29) is 17.4 Å². The molecule has 142 valence electrons. The van der Waals surface area contributed by atoms with Crippen molar-refractivity contribution in [1.29, 1.82) is 0 Å². The van der Waals surface area contributed by atoms with Gasteiger partial charge >= 0.3 is 0 Å². The van der Waals surface area contributed by atoms with Crippen LogP contribution in [0.25, 0.3) is 6.08 Å². The molecule has 1 N–H and O–H groups in total. The number of hydrogen-bond donors (Lipinski definition) is 1. The monoisotopic (exact) mass is 494 g/mol. The van der Waals surface area contributed by atoms with E-state index in [1.165, 1.54) is 19.3 Å². The number of nitrogens with one attached hydrogen (secondary N) is 1. The number of nitrogens with zero attached hydrogens (tertiary/aromatic N) is 1. The van der Waals surface area contributed by atoms with Gasteiger partial charge in [0.1, 0.15) is 5.76 Å². The first kappa shape index (κ1) is 18.9. The van der Waals surface area contributed by atoms with Gasteiger partial charge in [0.05, 0.1) is 4.91 Å². The van der Waals surface area contributed by atoms with Crippen LogP contribution in [0, 0.1) is 9.68 Å². The second kappa shape index (κ2) is 8.31. The molecule has 4 rings (SSSR count). The minimum Gasteiger partial charge on any atom is -0.451 e. The Hall–Kier alpha value is -1.41. The van der Waals surface area contributed by atoms with Gasteiger partial charge in [0.15, 0.2) is 9.26 Å². The molecule has 2 aliphatic rings. The molecule has 2 aromatic rings. The lowest BCUT2D eigenvalue weighted by atomic mass is 9.85. The lowest BCUT2D eigenvalue weighted by Gasteiger charge is -2.39. The third-order valence-electron chi connectivity index (χ3n) is 5.29. The first-order valence-electron chi connectivity index (χ1n) is 9.40. The van der Waals surface area contributed by atoms with Gasteiger partial charge in [-0.25, -0.2) is 0 Å². The van der Waals surface area contributed by atoms with Gasteiger partial charge in [0.2, 0.25) is 0 Å². The highest BCUT2D eigenvalue weighted by Gasteiger charge is 2.43. The summed E-state index contributed by atoms with van der Waals surface area (Å²) in [6.07, 6.45) is 6.59. The van der Waals surface area contributed by atoms with E-state index in [9.17, 15) is 4.79 Å². The van der Waals surface area contributed by atoms with E-state index in [1.807, 2.05) is 48.5 Å². The Morgan fingerprint density at radius 2 is 1.96 bits per heavy atom. The number of anilines is 1. The average molecular weight is 494 g/mol. The van der Waals surface area contributed by atoms with Crippen molar-refractivity contribution in [3.8, 4) is 0 Å². The molecule has 1 aliphatic heterocycles. The lowest BCUT2D eigenvalue weighted by Crippen LogP contribution is -2.48. The number of halogens is 1. The van der Waals surface area contributed by atoms with Gasteiger partial charge in [0.25, 0.3) is 5.91 Å². The normalized spacial score (nSPS) is 27.3. The lowest BCUT2D eigenvalue weighted by molar-refractivity contribution is -0.129. The zero-order valence-electron chi connectivity index (χ0n) is 15.2. The summed E-state index contributed by atoms with van der Waals surface area (Å²) in [6.45, 7) is 2.28. The first-order chi connectivity index (χ1) is 13.1. The highest BCUT2D eigenvalue weighted by molar-refractivity contribution is 14.1. The largest absolute Gasteiger partial charge is 0.451 e. The van der Waals surface area contributed by atoms with Crippen molar-refractivity contribution >= 4 is 52.0 Å². The van der Waals surface area contributed by atoms with E-state index in [4.69, 9.17) is 4.42 Å². The molecule has 1 aromatic carbocycles. The van der Waals surface area contributed by atoms with E-state index < -0.39 is 0 Å². The van der Waals surface area contributed by atoms with Gasteiger partial charge in [-0.05, 0) is 65.6 Å². The third-order valence-corrected chi connectivity index (χ3v) is 6.99. The Bertz CT molecular complexity index is 836. The SMILES string of the molecule is C[C@@H]1CCCC[C@@H]1N1C(=O)/C(=C/c2ccc(I)o2)SC1Nc1ccccc1. The number of benzene rings is 1. The van der Waals surface area contributed by atoms with Crippen LogP contribution in [-0.2, 0) is 4.79 Å². The van der Waals surface area contributed by atoms with Crippen LogP contribution in [-0.4, -0.2) is 22.3 Å². The van der Waals surface area contributed by atoms with Crippen molar-refractivity contribution in [3.05, 3.63) is 56.9 Å². The fourth-order valence-electron chi connectivity index (χ4n) is 3.90. The molecule has 1 aliphatic carbocycles. The van der Waals surface area contributed by atoms with Crippen LogP contribution in [0.15, 0.2) is 51.8 Å². The maximum absolute atomic E-state index is 13.3. The maximum Gasteiger partial charge on any atom is 0.263 e. The van der Waals surface area contributed by atoms with Gasteiger partial charge in [-0.15, -0.1) is 0 Å². The number of para-hydroxylation sites is 1. The summed E-state index contributed by atoms with van der Waals surface area (Å²) < 4.78 is 6.48. The zero-order valence-corrected chi connectivity index (χ0v) is 18.2. The van der Waals surface area contributed by atoms with Gasteiger partial charge < -0.3 is 14.6 Å². The van der Waals surface area contributed by atoms with Crippen LogP contribution < -0.4 is 5.32 Å². The molecule has 0 radical (unpaired) electrons. The zero-order chi connectivity index (χ0) is 18.8. The van der Waals surface area contributed by atoms with Crippen molar-refractivity contribution in [2.24, 2.45) is 5.92 Å². The van der Waals surface area contributed by atoms with Gasteiger partial charge in [-0.1, -0.05) is 49.7 Å². The summed E-state index contributed by atoms with van der Waals surface area (Å²) in [7, 11) is 0. The molecule has 6 heteroatoms. The molecule has 1 saturated carbocycles. The summed E-state index contributed by atoms with van der Waals surface area (Å²) in [5.74, 6) is 1.36. The van der Waals surface area contributed by atoms with Crippen molar-refractivity contribution in [1.82, 2.24) is 4.90 Å². The molecule has 27 heavy (non-hydrogen) atoms. The van der Waals surface area contributed by atoms with Crippen LogP contribution in [0.2, 0.25) is 0 Å². The summed E-state index contributed by atoms with van der Waals surface area (Å²) in [4.78, 5) is 16.1. The Labute approximate surface area is 177 Å². The molecule has 1 saturated heterocycles. The quantitative estimate of drug-likeness (QED) is 0.433. The van der Waals surface area contributed by atoms with Crippen molar-refractivity contribution in [2.45, 2.75) is 44.1 Å². The van der Waals surface area contributed by atoms with Crippen LogP contribution in [0.3, 0.4) is 0 Å².